The maximum absolute atomic E-state index is 14.7. The van der Waals surface area contributed by atoms with Gasteiger partial charge in [-0.2, -0.15) is 4.99 Å². The summed E-state index contributed by atoms with van der Waals surface area (Å²) < 4.78 is 26.7. The SMILES string of the molecule is CN/C=C\C(N)=NC(=O)c1cc(Oc2ccc(C(=O)N3CCC3)c(F)c2)c(C)c(OC(C)(C)C)c1. The van der Waals surface area contributed by atoms with Gasteiger partial charge >= 0.3 is 0 Å². The molecule has 3 rings (SSSR count). The summed E-state index contributed by atoms with van der Waals surface area (Å²) in [5.74, 6) is -0.698. The number of halogens is 1. The van der Waals surface area contributed by atoms with Crippen LogP contribution in [0.2, 0.25) is 0 Å². The van der Waals surface area contributed by atoms with Crippen molar-refractivity contribution in [2.75, 3.05) is 20.1 Å². The second kappa shape index (κ2) is 10.6. The van der Waals surface area contributed by atoms with Gasteiger partial charge in [0.15, 0.2) is 0 Å². The molecule has 0 bridgehead atoms. The van der Waals surface area contributed by atoms with Crippen LogP contribution in [0.3, 0.4) is 0 Å². The summed E-state index contributed by atoms with van der Waals surface area (Å²) in [6.07, 6.45) is 3.93. The van der Waals surface area contributed by atoms with E-state index in [-0.39, 0.29) is 34.4 Å². The molecule has 35 heavy (non-hydrogen) atoms. The molecule has 0 spiro atoms. The molecule has 0 radical (unpaired) electrons. The molecule has 1 aliphatic rings. The Morgan fingerprint density at radius 3 is 2.43 bits per heavy atom. The summed E-state index contributed by atoms with van der Waals surface area (Å²) in [5, 5.41) is 2.77. The monoisotopic (exact) mass is 482 g/mol. The van der Waals surface area contributed by atoms with Gasteiger partial charge in [0.25, 0.3) is 11.8 Å². The number of nitrogens with zero attached hydrogens (tertiary/aromatic N) is 2. The molecule has 0 saturated carbocycles. The van der Waals surface area contributed by atoms with Crippen molar-refractivity contribution in [1.82, 2.24) is 10.2 Å². The number of ether oxygens (including phenoxy) is 2. The first-order valence-corrected chi connectivity index (χ1v) is 11.3. The van der Waals surface area contributed by atoms with Gasteiger partial charge in [-0.3, -0.25) is 9.59 Å². The molecule has 9 heteroatoms. The molecule has 186 valence electrons. The van der Waals surface area contributed by atoms with Gasteiger partial charge in [-0.15, -0.1) is 0 Å². The third-order valence-corrected chi connectivity index (χ3v) is 5.17. The Morgan fingerprint density at radius 2 is 1.86 bits per heavy atom. The van der Waals surface area contributed by atoms with Gasteiger partial charge in [0.1, 0.15) is 34.5 Å². The van der Waals surface area contributed by atoms with Crippen LogP contribution in [0, 0.1) is 12.7 Å². The fourth-order valence-electron chi connectivity index (χ4n) is 3.26. The highest BCUT2D eigenvalue weighted by Crippen LogP contribution is 2.35. The highest BCUT2D eigenvalue weighted by molar-refractivity contribution is 6.06. The Hall–Kier alpha value is -3.88. The van der Waals surface area contributed by atoms with Crippen LogP contribution in [0.25, 0.3) is 0 Å². The molecule has 1 saturated heterocycles. The van der Waals surface area contributed by atoms with Crippen LogP contribution in [-0.4, -0.2) is 48.3 Å². The number of carbonyl (C=O) groups is 2. The number of hydrogen-bond donors (Lipinski definition) is 2. The fourth-order valence-corrected chi connectivity index (χ4v) is 3.26. The van der Waals surface area contributed by atoms with Crippen LogP contribution in [0.5, 0.6) is 17.2 Å². The van der Waals surface area contributed by atoms with E-state index in [0.29, 0.717) is 24.4 Å². The Bertz CT molecular complexity index is 1180. The van der Waals surface area contributed by atoms with E-state index in [1.807, 2.05) is 20.8 Å². The number of amides is 2. The lowest BCUT2D eigenvalue weighted by atomic mass is 10.1. The van der Waals surface area contributed by atoms with Crippen molar-refractivity contribution < 1.29 is 23.5 Å². The Labute approximate surface area is 204 Å². The second-order valence-corrected chi connectivity index (χ2v) is 9.17. The maximum atomic E-state index is 14.7. The summed E-state index contributed by atoms with van der Waals surface area (Å²) in [5.41, 5.74) is 6.04. The van der Waals surface area contributed by atoms with E-state index in [9.17, 15) is 14.0 Å². The van der Waals surface area contributed by atoms with Gasteiger partial charge in [0.2, 0.25) is 0 Å². The van der Waals surface area contributed by atoms with Gasteiger partial charge in [-0.25, -0.2) is 4.39 Å². The third kappa shape index (κ3) is 6.59. The standard InChI is InChI=1S/C26H31FN4O4/c1-16-21(34-18-7-8-19(20(27)15-18)25(33)31-11-6-12-31)13-17(14-22(16)35-26(2,3)4)24(32)30-23(28)9-10-29-5/h7-10,13-15,29H,6,11-12H2,1-5H3,(H2,28,30,32)/b10-9-. The van der Waals surface area contributed by atoms with Gasteiger partial charge in [0, 0.05) is 37.3 Å². The van der Waals surface area contributed by atoms with E-state index in [0.717, 1.165) is 12.5 Å². The second-order valence-electron chi connectivity index (χ2n) is 9.17. The summed E-state index contributed by atoms with van der Waals surface area (Å²) in [7, 11) is 1.70. The molecule has 0 atom stereocenters. The summed E-state index contributed by atoms with van der Waals surface area (Å²) in [4.78, 5) is 30.7. The first-order valence-electron chi connectivity index (χ1n) is 11.3. The topological polar surface area (TPSA) is 106 Å². The molecule has 2 amide bonds. The normalized spacial score (nSPS) is 14.0. The van der Waals surface area contributed by atoms with E-state index in [1.54, 1.807) is 31.1 Å². The van der Waals surface area contributed by atoms with Crippen LogP contribution < -0.4 is 20.5 Å². The number of likely N-dealkylation sites (tertiary alicyclic amines) is 1. The zero-order valence-electron chi connectivity index (χ0n) is 20.6. The minimum absolute atomic E-state index is 0.00566. The van der Waals surface area contributed by atoms with Crippen molar-refractivity contribution in [3.05, 3.63) is 65.1 Å². The average molecular weight is 483 g/mol. The van der Waals surface area contributed by atoms with Gasteiger partial charge < -0.3 is 25.4 Å². The minimum Gasteiger partial charge on any atom is -0.488 e. The smallest absolute Gasteiger partial charge is 0.279 e. The molecular formula is C26H31FN4O4. The average Bonchev–Trinajstić information content (AvgIpc) is 2.72. The van der Waals surface area contributed by atoms with Crippen LogP contribution in [0.15, 0.2) is 47.6 Å². The van der Waals surface area contributed by atoms with E-state index < -0.39 is 17.3 Å². The molecule has 8 nitrogen and oxygen atoms in total. The highest BCUT2D eigenvalue weighted by atomic mass is 19.1. The summed E-state index contributed by atoms with van der Waals surface area (Å²) >= 11 is 0. The summed E-state index contributed by atoms with van der Waals surface area (Å²) in [6.45, 7) is 8.67. The molecule has 0 aromatic heterocycles. The van der Waals surface area contributed by atoms with E-state index in [2.05, 4.69) is 10.3 Å². The molecule has 2 aromatic rings. The third-order valence-electron chi connectivity index (χ3n) is 5.17. The van der Waals surface area contributed by atoms with Crippen LogP contribution in [0.1, 0.15) is 53.5 Å². The lowest BCUT2D eigenvalue weighted by Crippen LogP contribution is -2.42. The minimum atomic E-state index is -0.677. The zero-order chi connectivity index (χ0) is 25.8. The van der Waals surface area contributed by atoms with Crippen LogP contribution >= 0.6 is 0 Å². The Morgan fingerprint density at radius 1 is 1.17 bits per heavy atom. The Kier molecular flexibility index (Phi) is 7.78. The fraction of sp³-hybridized carbons (Fsp3) is 0.346. The maximum Gasteiger partial charge on any atom is 0.279 e. The van der Waals surface area contributed by atoms with Crippen molar-refractivity contribution in [3.63, 3.8) is 0 Å². The molecular weight excluding hydrogens is 451 g/mol. The highest BCUT2D eigenvalue weighted by Gasteiger charge is 2.25. The quantitative estimate of drug-likeness (QED) is 0.453. The number of nitrogens with two attached hydrogens (primary N) is 1. The molecule has 0 unspecified atom stereocenters. The molecule has 1 aliphatic heterocycles. The number of nitrogens with one attached hydrogen (secondary N) is 1. The van der Waals surface area contributed by atoms with E-state index in [1.165, 1.54) is 24.3 Å². The number of aliphatic imine (C=N–C) groups is 1. The number of amidine groups is 1. The van der Waals surface area contributed by atoms with Crippen molar-refractivity contribution in [2.45, 2.75) is 39.7 Å². The number of carbonyl (C=O) groups excluding carboxylic acids is 2. The predicted molar refractivity (Wildman–Crippen MR) is 133 cm³/mol. The number of rotatable bonds is 7. The lowest BCUT2D eigenvalue weighted by molar-refractivity contribution is 0.0646. The van der Waals surface area contributed by atoms with Crippen molar-refractivity contribution in [1.29, 1.82) is 0 Å². The first kappa shape index (κ1) is 25.7. The molecule has 3 N–H and O–H groups in total. The van der Waals surface area contributed by atoms with Crippen molar-refractivity contribution in [3.8, 4) is 17.2 Å². The van der Waals surface area contributed by atoms with Gasteiger partial charge in [0.05, 0.1) is 5.56 Å². The van der Waals surface area contributed by atoms with E-state index in [4.69, 9.17) is 15.2 Å². The molecule has 1 fully saturated rings. The van der Waals surface area contributed by atoms with Crippen LogP contribution in [-0.2, 0) is 0 Å². The zero-order valence-corrected chi connectivity index (χ0v) is 20.6. The van der Waals surface area contributed by atoms with Gasteiger partial charge in [-0.05, 0) is 70.7 Å². The van der Waals surface area contributed by atoms with Gasteiger partial charge in [-0.1, -0.05) is 0 Å². The largest absolute Gasteiger partial charge is 0.488 e. The predicted octanol–water partition coefficient (Wildman–Crippen LogP) is 4.18. The van der Waals surface area contributed by atoms with E-state index >= 15 is 0 Å². The molecule has 1 heterocycles. The molecule has 0 aliphatic carbocycles. The lowest BCUT2D eigenvalue weighted by Gasteiger charge is -2.31. The summed E-state index contributed by atoms with van der Waals surface area (Å²) in [6, 6.07) is 7.16. The van der Waals surface area contributed by atoms with Crippen molar-refractivity contribution >= 4 is 17.6 Å². The first-order chi connectivity index (χ1) is 16.5. The van der Waals surface area contributed by atoms with Crippen LogP contribution in [0.4, 0.5) is 4.39 Å². The van der Waals surface area contributed by atoms with Crippen molar-refractivity contribution in [2.24, 2.45) is 10.7 Å². The molecule has 2 aromatic carbocycles. The Balaban J connectivity index is 1.95. The number of benzene rings is 2. The number of hydrogen-bond acceptors (Lipinski definition) is 5.